The maximum absolute atomic E-state index is 5.36. The van der Waals surface area contributed by atoms with Crippen molar-refractivity contribution >= 4 is 11.3 Å². The van der Waals surface area contributed by atoms with Crippen molar-refractivity contribution in [2.75, 3.05) is 13.7 Å². The summed E-state index contributed by atoms with van der Waals surface area (Å²) in [5.74, 6) is 0.962. The first kappa shape index (κ1) is 16.0. The molecular formula is C17H24N2OS. The van der Waals surface area contributed by atoms with Gasteiger partial charge >= 0.3 is 0 Å². The van der Waals surface area contributed by atoms with Gasteiger partial charge in [0.25, 0.3) is 0 Å². The Morgan fingerprint density at radius 3 is 2.67 bits per heavy atom. The number of ether oxygens (including phenoxy) is 1. The van der Waals surface area contributed by atoms with Gasteiger partial charge in [-0.25, -0.2) is 4.98 Å². The van der Waals surface area contributed by atoms with E-state index in [4.69, 9.17) is 9.72 Å². The van der Waals surface area contributed by atoms with Crippen molar-refractivity contribution in [3.63, 3.8) is 0 Å². The van der Waals surface area contributed by atoms with Crippen LogP contribution in [-0.2, 0) is 18.4 Å². The highest BCUT2D eigenvalue weighted by Crippen LogP contribution is 2.23. The summed E-state index contributed by atoms with van der Waals surface area (Å²) in [6.45, 7) is 8.34. The Balaban J connectivity index is 1.81. The number of nitrogens with zero attached hydrogens (tertiary/aromatic N) is 1. The Labute approximate surface area is 131 Å². The maximum atomic E-state index is 5.36. The number of aromatic nitrogens is 1. The van der Waals surface area contributed by atoms with E-state index < -0.39 is 0 Å². The molecule has 1 aromatic heterocycles. The summed E-state index contributed by atoms with van der Waals surface area (Å²) < 4.78 is 5.36. The molecule has 0 atom stereocenters. The van der Waals surface area contributed by atoms with Gasteiger partial charge in [-0.1, -0.05) is 39.0 Å². The molecule has 0 aliphatic heterocycles. The molecule has 0 amide bonds. The molecule has 0 radical (unpaired) electrons. The van der Waals surface area contributed by atoms with E-state index in [1.54, 1.807) is 18.4 Å². The molecule has 21 heavy (non-hydrogen) atoms. The summed E-state index contributed by atoms with van der Waals surface area (Å²) in [5, 5.41) is 6.78. The van der Waals surface area contributed by atoms with Gasteiger partial charge in [0.15, 0.2) is 0 Å². The zero-order chi connectivity index (χ0) is 15.3. The average Bonchev–Trinajstić information content (AvgIpc) is 2.93. The van der Waals surface area contributed by atoms with Crippen molar-refractivity contribution in [3.05, 3.63) is 45.9 Å². The van der Waals surface area contributed by atoms with Gasteiger partial charge in [0.05, 0.1) is 12.8 Å². The summed E-state index contributed by atoms with van der Waals surface area (Å²) in [6, 6.07) is 8.17. The Morgan fingerprint density at radius 1 is 1.24 bits per heavy atom. The maximum Gasteiger partial charge on any atom is 0.122 e. The van der Waals surface area contributed by atoms with Crippen LogP contribution in [0.1, 0.15) is 37.0 Å². The SMILES string of the molecule is COc1ccccc1CCNCc1nc(C(C)(C)C)cs1. The number of rotatable bonds is 6. The van der Waals surface area contributed by atoms with Gasteiger partial charge in [-0.3, -0.25) is 0 Å². The van der Waals surface area contributed by atoms with Crippen LogP contribution in [-0.4, -0.2) is 18.6 Å². The molecule has 0 fully saturated rings. The lowest BCUT2D eigenvalue weighted by molar-refractivity contribution is 0.409. The third-order valence-electron chi connectivity index (χ3n) is 3.36. The summed E-state index contributed by atoms with van der Waals surface area (Å²) in [7, 11) is 1.72. The average molecular weight is 304 g/mol. The van der Waals surface area contributed by atoms with Gasteiger partial charge < -0.3 is 10.1 Å². The molecule has 0 saturated heterocycles. The van der Waals surface area contributed by atoms with Crippen molar-refractivity contribution in [3.8, 4) is 5.75 Å². The van der Waals surface area contributed by atoms with Gasteiger partial charge in [-0.05, 0) is 24.6 Å². The van der Waals surface area contributed by atoms with Crippen molar-refractivity contribution in [1.82, 2.24) is 10.3 Å². The fraction of sp³-hybridized carbons (Fsp3) is 0.471. The van der Waals surface area contributed by atoms with E-state index in [0.29, 0.717) is 0 Å². The zero-order valence-corrected chi connectivity index (χ0v) is 14.1. The monoisotopic (exact) mass is 304 g/mol. The quantitative estimate of drug-likeness (QED) is 0.825. The zero-order valence-electron chi connectivity index (χ0n) is 13.3. The Hall–Kier alpha value is -1.39. The first-order chi connectivity index (χ1) is 10.0. The number of thiazole rings is 1. The van der Waals surface area contributed by atoms with Crippen molar-refractivity contribution in [2.45, 2.75) is 39.2 Å². The Kier molecular flexibility index (Phi) is 5.37. The lowest BCUT2D eigenvalue weighted by Gasteiger charge is -2.14. The number of nitrogens with one attached hydrogen (secondary N) is 1. The second-order valence-electron chi connectivity index (χ2n) is 6.12. The molecule has 3 nitrogen and oxygen atoms in total. The molecule has 2 rings (SSSR count). The summed E-state index contributed by atoms with van der Waals surface area (Å²) in [6.07, 6.45) is 0.960. The largest absolute Gasteiger partial charge is 0.496 e. The number of hydrogen-bond donors (Lipinski definition) is 1. The molecular weight excluding hydrogens is 280 g/mol. The number of hydrogen-bond acceptors (Lipinski definition) is 4. The molecule has 0 aliphatic carbocycles. The highest BCUT2D eigenvalue weighted by Gasteiger charge is 2.17. The molecule has 114 valence electrons. The van der Waals surface area contributed by atoms with E-state index in [1.807, 2.05) is 18.2 Å². The fourth-order valence-electron chi connectivity index (χ4n) is 2.06. The van der Waals surface area contributed by atoms with E-state index in [1.165, 1.54) is 11.3 Å². The first-order valence-corrected chi connectivity index (χ1v) is 8.16. The molecule has 0 bridgehead atoms. The smallest absolute Gasteiger partial charge is 0.122 e. The van der Waals surface area contributed by atoms with E-state index in [2.05, 4.69) is 37.5 Å². The van der Waals surface area contributed by atoms with Crippen LogP contribution in [0.3, 0.4) is 0 Å². The minimum Gasteiger partial charge on any atom is -0.496 e. The molecule has 1 heterocycles. The predicted octanol–water partition coefficient (Wildman–Crippen LogP) is 3.78. The van der Waals surface area contributed by atoms with Gasteiger partial charge in [-0.15, -0.1) is 11.3 Å². The topological polar surface area (TPSA) is 34.1 Å². The number of methoxy groups -OCH3 is 1. The molecule has 0 unspecified atom stereocenters. The highest BCUT2D eigenvalue weighted by molar-refractivity contribution is 7.09. The number of benzene rings is 1. The summed E-state index contributed by atoms with van der Waals surface area (Å²) in [5.41, 5.74) is 2.54. The number of para-hydroxylation sites is 1. The van der Waals surface area contributed by atoms with Crippen LogP contribution in [0, 0.1) is 0 Å². The summed E-state index contributed by atoms with van der Waals surface area (Å²) >= 11 is 1.73. The van der Waals surface area contributed by atoms with Crippen LogP contribution in [0.4, 0.5) is 0 Å². The van der Waals surface area contributed by atoms with Gasteiger partial charge in [0, 0.05) is 17.3 Å². The van der Waals surface area contributed by atoms with Gasteiger partial charge in [0.2, 0.25) is 0 Å². The van der Waals surface area contributed by atoms with Crippen molar-refractivity contribution in [2.24, 2.45) is 0 Å². The molecule has 0 spiro atoms. The molecule has 1 aromatic carbocycles. The third-order valence-corrected chi connectivity index (χ3v) is 4.21. The van der Waals surface area contributed by atoms with Crippen LogP contribution >= 0.6 is 11.3 Å². The highest BCUT2D eigenvalue weighted by atomic mass is 32.1. The second kappa shape index (κ2) is 7.05. The molecule has 1 N–H and O–H groups in total. The minimum atomic E-state index is 0.131. The molecule has 4 heteroatoms. The normalized spacial score (nSPS) is 11.6. The van der Waals surface area contributed by atoms with Crippen molar-refractivity contribution in [1.29, 1.82) is 0 Å². The van der Waals surface area contributed by atoms with Crippen LogP contribution in [0.15, 0.2) is 29.6 Å². The minimum absolute atomic E-state index is 0.131. The van der Waals surface area contributed by atoms with Crippen LogP contribution in [0.2, 0.25) is 0 Å². The second-order valence-corrected chi connectivity index (χ2v) is 7.06. The molecule has 2 aromatic rings. The lowest BCUT2D eigenvalue weighted by atomic mass is 9.93. The standard InChI is InChI=1S/C17H24N2OS/c1-17(2,3)15-12-21-16(19-15)11-18-10-9-13-7-5-6-8-14(13)20-4/h5-8,12,18H,9-11H2,1-4H3. The van der Waals surface area contributed by atoms with Crippen LogP contribution < -0.4 is 10.1 Å². The van der Waals surface area contributed by atoms with E-state index in [0.717, 1.165) is 30.3 Å². The Bertz CT molecular complexity index is 572. The van der Waals surface area contributed by atoms with Gasteiger partial charge in [-0.2, -0.15) is 0 Å². The van der Waals surface area contributed by atoms with E-state index in [-0.39, 0.29) is 5.41 Å². The fourth-order valence-corrected chi connectivity index (χ4v) is 3.05. The molecule has 0 aliphatic rings. The van der Waals surface area contributed by atoms with Crippen molar-refractivity contribution < 1.29 is 4.74 Å². The van der Waals surface area contributed by atoms with E-state index in [9.17, 15) is 0 Å². The Morgan fingerprint density at radius 2 is 2.00 bits per heavy atom. The van der Waals surface area contributed by atoms with Gasteiger partial charge in [0.1, 0.15) is 10.8 Å². The third kappa shape index (κ3) is 4.55. The summed E-state index contributed by atoms with van der Waals surface area (Å²) in [4.78, 5) is 4.69. The van der Waals surface area contributed by atoms with Crippen LogP contribution in [0.25, 0.3) is 0 Å². The predicted molar refractivity (Wildman–Crippen MR) is 89.2 cm³/mol. The molecule has 0 saturated carbocycles. The lowest BCUT2D eigenvalue weighted by Crippen LogP contribution is -2.17. The first-order valence-electron chi connectivity index (χ1n) is 7.28. The van der Waals surface area contributed by atoms with Crippen LogP contribution in [0.5, 0.6) is 5.75 Å². The van der Waals surface area contributed by atoms with E-state index >= 15 is 0 Å².